The normalized spacial score (nSPS) is 20.2. The van der Waals surface area contributed by atoms with Crippen LogP contribution in [0.1, 0.15) is 13.3 Å². The summed E-state index contributed by atoms with van der Waals surface area (Å²) in [5.41, 5.74) is 14.2. The zero-order valence-corrected chi connectivity index (χ0v) is 11.7. The fourth-order valence-corrected chi connectivity index (χ4v) is 2.19. The molecule has 1 aliphatic heterocycles. The van der Waals surface area contributed by atoms with Crippen LogP contribution >= 0.6 is 0 Å². The highest BCUT2D eigenvalue weighted by Crippen LogP contribution is 2.04. The van der Waals surface area contributed by atoms with Crippen LogP contribution in [0.15, 0.2) is 9.98 Å². The summed E-state index contributed by atoms with van der Waals surface area (Å²) >= 11 is 0. The van der Waals surface area contributed by atoms with Crippen LogP contribution in [0.5, 0.6) is 0 Å². The fourth-order valence-electron chi connectivity index (χ4n) is 1.54. The molecule has 110 valence electrons. The molecular weight excluding hydrogens is 270 g/mol. The third kappa shape index (κ3) is 5.50. The first-order valence-electron chi connectivity index (χ1n) is 5.94. The van der Waals surface area contributed by atoms with E-state index < -0.39 is 15.1 Å². The Kier molecular flexibility index (Phi) is 5.65. The van der Waals surface area contributed by atoms with Crippen molar-refractivity contribution in [2.24, 2.45) is 21.5 Å². The molecule has 1 unspecified atom stereocenters. The van der Waals surface area contributed by atoms with E-state index in [4.69, 9.17) is 25.9 Å². The van der Waals surface area contributed by atoms with Crippen molar-refractivity contribution in [2.45, 2.75) is 25.7 Å². The maximum absolute atomic E-state index is 8.89. The van der Waals surface area contributed by atoms with Gasteiger partial charge in [0.2, 0.25) is 11.9 Å². The van der Waals surface area contributed by atoms with Gasteiger partial charge >= 0.3 is 8.80 Å². The highest BCUT2D eigenvalue weighted by molar-refractivity contribution is 6.56. The zero-order valence-electron chi connectivity index (χ0n) is 10.7. The number of guanidine groups is 2. The molecule has 0 fully saturated rings. The Morgan fingerprint density at radius 3 is 2.63 bits per heavy atom. The maximum Gasteiger partial charge on any atom is 0.492 e. The Labute approximate surface area is 112 Å². The predicted molar refractivity (Wildman–Crippen MR) is 72.4 cm³/mol. The van der Waals surface area contributed by atoms with Gasteiger partial charge in [0, 0.05) is 12.6 Å². The molecule has 0 spiro atoms. The lowest BCUT2D eigenvalue weighted by atomic mass is 10.4. The van der Waals surface area contributed by atoms with Crippen molar-refractivity contribution in [3.05, 3.63) is 0 Å². The van der Waals surface area contributed by atoms with Gasteiger partial charge < -0.3 is 25.9 Å². The van der Waals surface area contributed by atoms with Gasteiger partial charge in [0.1, 0.15) is 0 Å². The first kappa shape index (κ1) is 15.8. The molecule has 1 atom stereocenters. The van der Waals surface area contributed by atoms with Gasteiger partial charge in [-0.1, -0.05) is 6.92 Å². The van der Waals surface area contributed by atoms with Crippen LogP contribution in [-0.4, -0.2) is 59.5 Å². The van der Waals surface area contributed by atoms with Crippen molar-refractivity contribution in [3.8, 4) is 0 Å². The molecule has 10 nitrogen and oxygen atoms in total. The number of nitrogens with zero attached hydrogens (tertiary/aromatic N) is 3. The molecule has 0 aromatic rings. The van der Waals surface area contributed by atoms with E-state index in [1.165, 1.54) is 5.01 Å². The van der Waals surface area contributed by atoms with E-state index in [2.05, 4.69) is 20.7 Å². The van der Waals surface area contributed by atoms with Crippen LogP contribution in [0.25, 0.3) is 0 Å². The molecule has 0 bridgehead atoms. The van der Waals surface area contributed by atoms with Crippen LogP contribution in [-0.2, 0) is 0 Å². The smallest absolute Gasteiger partial charge is 0.390 e. The van der Waals surface area contributed by atoms with Gasteiger partial charge in [-0.05, 0) is 13.0 Å². The van der Waals surface area contributed by atoms with Gasteiger partial charge in [-0.25, -0.2) is 15.4 Å². The summed E-state index contributed by atoms with van der Waals surface area (Å²) in [5.74, 6) is 0.265. The highest BCUT2D eigenvalue weighted by atomic mass is 28.4. The first-order chi connectivity index (χ1) is 8.83. The van der Waals surface area contributed by atoms with Crippen LogP contribution in [0.4, 0.5) is 0 Å². The van der Waals surface area contributed by atoms with Crippen LogP contribution in [0.2, 0.25) is 6.04 Å². The summed E-state index contributed by atoms with van der Waals surface area (Å²) < 4.78 is 0. The summed E-state index contributed by atoms with van der Waals surface area (Å²) in [6.45, 7) is 2.94. The highest BCUT2D eigenvalue weighted by Gasteiger charge is 2.27. The molecule has 19 heavy (non-hydrogen) atoms. The third-order valence-corrected chi connectivity index (χ3v) is 3.34. The monoisotopic (exact) mass is 291 g/mol. The second-order valence-corrected chi connectivity index (χ2v) is 6.09. The van der Waals surface area contributed by atoms with Gasteiger partial charge in [-0.15, -0.1) is 0 Å². The van der Waals surface area contributed by atoms with E-state index >= 15 is 0 Å². The minimum Gasteiger partial charge on any atom is -0.390 e. The van der Waals surface area contributed by atoms with Crippen molar-refractivity contribution >= 4 is 20.7 Å². The fraction of sp³-hybridized carbons (Fsp3) is 0.750. The molecule has 1 rings (SSSR count). The van der Waals surface area contributed by atoms with Gasteiger partial charge in [-0.2, -0.15) is 4.99 Å². The van der Waals surface area contributed by atoms with Gasteiger partial charge in [0.15, 0.2) is 6.29 Å². The number of nitrogens with one attached hydrogen (secondary N) is 2. The Balaban J connectivity index is 2.48. The number of rotatable bonds is 7. The molecule has 0 amide bonds. The molecule has 1 heterocycles. The first-order valence-corrected chi connectivity index (χ1v) is 7.99. The lowest BCUT2D eigenvalue weighted by molar-refractivity contribution is 0.195. The molecule has 0 aliphatic carbocycles. The van der Waals surface area contributed by atoms with Crippen LogP contribution < -0.4 is 22.2 Å². The summed E-state index contributed by atoms with van der Waals surface area (Å²) in [4.78, 5) is 34.6. The number of nitrogens with two attached hydrogens (primary N) is 2. The lowest BCUT2D eigenvalue weighted by Crippen LogP contribution is -2.60. The Morgan fingerprint density at radius 1 is 1.37 bits per heavy atom. The number of hydrazine groups is 1. The van der Waals surface area contributed by atoms with Crippen molar-refractivity contribution in [2.75, 3.05) is 13.1 Å². The minimum absolute atomic E-state index is 0.0449. The largest absolute Gasteiger partial charge is 0.492 e. The average Bonchev–Trinajstić information content (AvgIpc) is 2.27. The van der Waals surface area contributed by atoms with Crippen LogP contribution in [0, 0.1) is 0 Å². The van der Waals surface area contributed by atoms with Gasteiger partial charge in [0.25, 0.3) is 0 Å². The van der Waals surface area contributed by atoms with Crippen molar-refractivity contribution in [1.29, 1.82) is 0 Å². The topological polar surface area (TPSA) is 165 Å². The number of hydrogen-bond donors (Lipinski definition) is 7. The standard InChI is InChI=1S/C8H21N7O3Si/c1-2-12-15-7(10)13-6(9)14-8(15)11-4-3-5-19(16,17)18/h8,11-12,16-18H,2-5H2,1H3,(H4,9,10,13,14). The summed E-state index contributed by atoms with van der Waals surface area (Å²) in [5, 5.41) is 4.54. The van der Waals surface area contributed by atoms with Gasteiger partial charge in [-0.3, -0.25) is 5.32 Å². The Bertz CT molecular complexity index is 357. The molecule has 1 aliphatic rings. The molecule has 9 N–H and O–H groups in total. The quantitative estimate of drug-likeness (QED) is 0.189. The Hall–Kier alpha value is -1.24. The van der Waals surface area contributed by atoms with Crippen molar-refractivity contribution in [3.63, 3.8) is 0 Å². The second kappa shape index (κ2) is 6.79. The lowest BCUT2D eigenvalue weighted by Gasteiger charge is -2.32. The molecular formula is C8H21N7O3Si. The maximum atomic E-state index is 8.89. The third-order valence-electron chi connectivity index (χ3n) is 2.32. The van der Waals surface area contributed by atoms with Crippen molar-refractivity contribution < 1.29 is 14.4 Å². The van der Waals surface area contributed by atoms with E-state index in [1.807, 2.05) is 6.92 Å². The van der Waals surface area contributed by atoms with E-state index in [-0.39, 0.29) is 18.0 Å². The van der Waals surface area contributed by atoms with E-state index in [1.54, 1.807) is 0 Å². The number of hydrogen-bond acceptors (Lipinski definition) is 10. The summed E-state index contributed by atoms with van der Waals surface area (Å²) in [7, 11) is -3.98. The predicted octanol–water partition coefficient (Wildman–Crippen LogP) is -3.36. The molecule has 0 radical (unpaired) electrons. The minimum atomic E-state index is -3.98. The SMILES string of the molecule is CCNN1C(N)=NC(N)=NC1NCCC[Si](O)(O)O. The summed E-state index contributed by atoms with van der Waals surface area (Å²) in [6.07, 6.45) is -0.136. The molecule has 0 aromatic heterocycles. The van der Waals surface area contributed by atoms with Gasteiger partial charge in [0.05, 0.1) is 0 Å². The molecule has 0 saturated carbocycles. The second-order valence-electron chi connectivity index (χ2n) is 4.04. The van der Waals surface area contributed by atoms with E-state index in [0.29, 0.717) is 19.5 Å². The van der Waals surface area contributed by atoms with E-state index in [9.17, 15) is 0 Å². The van der Waals surface area contributed by atoms with Crippen LogP contribution in [0.3, 0.4) is 0 Å². The zero-order chi connectivity index (χ0) is 14.5. The molecule has 0 saturated heterocycles. The summed E-state index contributed by atoms with van der Waals surface area (Å²) in [6, 6.07) is -0.0449. The number of aliphatic imine (C=N–C) groups is 2. The molecule has 11 heteroatoms. The Morgan fingerprint density at radius 2 is 2.05 bits per heavy atom. The average molecular weight is 291 g/mol. The van der Waals surface area contributed by atoms with Crippen molar-refractivity contribution in [1.82, 2.24) is 15.8 Å². The molecule has 0 aromatic carbocycles. The van der Waals surface area contributed by atoms with E-state index in [0.717, 1.165) is 0 Å².